The second-order valence-corrected chi connectivity index (χ2v) is 4.96. The van der Waals surface area contributed by atoms with Gasteiger partial charge in [0.25, 0.3) is 5.56 Å². The number of nitrogens with two attached hydrogens (primary N) is 1. The fourth-order valence-corrected chi connectivity index (χ4v) is 2.26. The van der Waals surface area contributed by atoms with Gasteiger partial charge in [-0.15, -0.1) is 0 Å². The van der Waals surface area contributed by atoms with E-state index in [2.05, 4.69) is 4.98 Å². The van der Waals surface area contributed by atoms with Gasteiger partial charge < -0.3 is 5.73 Å². The third-order valence-corrected chi connectivity index (χ3v) is 3.41. The van der Waals surface area contributed by atoms with Gasteiger partial charge in [0.2, 0.25) is 0 Å². The minimum Gasteiger partial charge on any atom is -0.330 e. The Balaban J connectivity index is 2.36. The number of hydrogen-bond donors (Lipinski definition) is 1. The number of aromatic nitrogens is 2. The number of aryl methyl sites for hydroxylation is 1. The first-order valence-corrected chi connectivity index (χ1v) is 6.63. The van der Waals surface area contributed by atoms with Crippen LogP contribution in [0.5, 0.6) is 0 Å². The first-order valence-electron chi connectivity index (χ1n) is 5.47. The first-order chi connectivity index (χ1) is 8.20. The summed E-state index contributed by atoms with van der Waals surface area (Å²) in [5.41, 5.74) is 8.02. The third kappa shape index (κ3) is 2.87. The van der Waals surface area contributed by atoms with Gasteiger partial charge in [-0.1, -0.05) is 0 Å². The highest BCUT2D eigenvalue weighted by Crippen LogP contribution is 2.09. The first kappa shape index (κ1) is 12.1. The van der Waals surface area contributed by atoms with Crippen molar-refractivity contribution in [1.82, 2.24) is 9.38 Å². The van der Waals surface area contributed by atoms with Crippen LogP contribution in [-0.2, 0) is 5.75 Å². The summed E-state index contributed by atoms with van der Waals surface area (Å²) in [6.45, 7) is 2.64. The van der Waals surface area contributed by atoms with Gasteiger partial charge in [-0.2, -0.15) is 11.8 Å². The van der Waals surface area contributed by atoms with Crippen molar-refractivity contribution in [1.29, 1.82) is 0 Å². The maximum Gasteiger partial charge on any atom is 0.258 e. The molecule has 2 rings (SSSR count). The fraction of sp³-hybridized carbons (Fsp3) is 0.333. The highest BCUT2D eigenvalue weighted by atomic mass is 32.2. The normalized spacial score (nSPS) is 10.9. The van der Waals surface area contributed by atoms with Crippen LogP contribution in [-0.4, -0.2) is 21.7 Å². The van der Waals surface area contributed by atoms with Gasteiger partial charge >= 0.3 is 0 Å². The summed E-state index contributed by atoms with van der Waals surface area (Å²) >= 11 is 1.69. The lowest BCUT2D eigenvalue weighted by Gasteiger charge is -2.04. The van der Waals surface area contributed by atoms with Gasteiger partial charge in [-0.05, 0) is 24.6 Å². The molecular weight excluding hydrogens is 234 g/mol. The smallest absolute Gasteiger partial charge is 0.258 e. The van der Waals surface area contributed by atoms with Crippen LogP contribution in [0.3, 0.4) is 0 Å². The van der Waals surface area contributed by atoms with Crippen LogP contribution in [0.25, 0.3) is 5.65 Å². The Hall–Kier alpha value is -1.33. The van der Waals surface area contributed by atoms with Gasteiger partial charge in [0.15, 0.2) is 0 Å². The molecule has 90 valence electrons. The van der Waals surface area contributed by atoms with E-state index in [-0.39, 0.29) is 5.56 Å². The number of fused-ring (bicyclic) bond motifs is 1. The van der Waals surface area contributed by atoms with Crippen molar-refractivity contribution in [3.8, 4) is 0 Å². The molecule has 0 aliphatic rings. The molecule has 5 heteroatoms. The molecule has 2 N–H and O–H groups in total. The highest BCUT2D eigenvalue weighted by Gasteiger charge is 2.02. The Morgan fingerprint density at radius 3 is 3.06 bits per heavy atom. The summed E-state index contributed by atoms with van der Waals surface area (Å²) in [7, 11) is 0. The maximum absolute atomic E-state index is 11.8. The van der Waals surface area contributed by atoms with Crippen LogP contribution in [0.2, 0.25) is 0 Å². The average Bonchev–Trinajstić information content (AvgIpc) is 2.28. The maximum atomic E-state index is 11.8. The van der Waals surface area contributed by atoms with Crippen molar-refractivity contribution in [2.45, 2.75) is 12.7 Å². The van der Waals surface area contributed by atoms with Crippen LogP contribution < -0.4 is 11.3 Å². The third-order valence-electron chi connectivity index (χ3n) is 2.39. The summed E-state index contributed by atoms with van der Waals surface area (Å²) in [6, 6.07) is 5.41. The zero-order valence-corrected chi connectivity index (χ0v) is 10.5. The predicted octanol–water partition coefficient (Wildman–Crippen LogP) is 1.19. The van der Waals surface area contributed by atoms with Crippen molar-refractivity contribution in [2.75, 3.05) is 12.3 Å². The van der Waals surface area contributed by atoms with Crippen molar-refractivity contribution >= 4 is 17.4 Å². The lowest BCUT2D eigenvalue weighted by molar-refractivity contribution is 1.01. The fourth-order valence-electron chi connectivity index (χ4n) is 1.59. The van der Waals surface area contributed by atoms with E-state index in [9.17, 15) is 4.79 Å². The lowest BCUT2D eigenvalue weighted by Crippen LogP contribution is -2.15. The topological polar surface area (TPSA) is 60.4 Å². The highest BCUT2D eigenvalue weighted by molar-refractivity contribution is 7.98. The molecule has 2 heterocycles. The molecule has 2 aromatic heterocycles. The predicted molar refractivity (Wildman–Crippen MR) is 71.4 cm³/mol. The van der Waals surface area contributed by atoms with E-state index in [0.717, 1.165) is 22.8 Å². The van der Waals surface area contributed by atoms with E-state index in [0.29, 0.717) is 12.2 Å². The molecule has 17 heavy (non-hydrogen) atoms. The van der Waals surface area contributed by atoms with Gasteiger partial charge in [-0.3, -0.25) is 9.20 Å². The standard InChI is InChI=1S/C12H15N3OS/c1-9-2-4-15-11(6-9)14-10(7-12(15)16)8-17-5-3-13/h2,4,6-7H,3,5,8,13H2,1H3. The largest absolute Gasteiger partial charge is 0.330 e. The monoisotopic (exact) mass is 249 g/mol. The summed E-state index contributed by atoms with van der Waals surface area (Å²) in [5, 5.41) is 0. The van der Waals surface area contributed by atoms with Gasteiger partial charge in [0.1, 0.15) is 5.65 Å². The SMILES string of the molecule is Cc1ccn2c(=O)cc(CSCCN)nc2c1. The number of nitrogens with zero attached hydrogens (tertiary/aromatic N) is 2. The van der Waals surface area contributed by atoms with Gasteiger partial charge in [-0.25, -0.2) is 4.98 Å². The molecule has 0 bridgehead atoms. The number of rotatable bonds is 4. The van der Waals surface area contributed by atoms with E-state index in [4.69, 9.17) is 5.73 Å². The average molecular weight is 249 g/mol. The van der Waals surface area contributed by atoms with Crippen molar-refractivity contribution in [2.24, 2.45) is 5.73 Å². The number of pyridine rings is 1. The Bertz CT molecular complexity index is 579. The molecule has 0 fully saturated rings. The second-order valence-electron chi connectivity index (χ2n) is 3.86. The molecule has 0 saturated carbocycles. The van der Waals surface area contributed by atoms with Gasteiger partial charge in [0, 0.05) is 30.3 Å². The number of thioether (sulfide) groups is 1. The summed E-state index contributed by atoms with van der Waals surface area (Å²) in [6.07, 6.45) is 1.76. The Morgan fingerprint density at radius 1 is 1.47 bits per heavy atom. The van der Waals surface area contributed by atoms with Crippen LogP contribution in [0.4, 0.5) is 0 Å². The van der Waals surface area contributed by atoms with Crippen LogP contribution in [0.15, 0.2) is 29.2 Å². The molecule has 0 atom stereocenters. The van der Waals surface area contributed by atoms with Crippen molar-refractivity contribution in [3.05, 3.63) is 46.0 Å². The van der Waals surface area contributed by atoms with Gasteiger partial charge in [0.05, 0.1) is 5.69 Å². The Kier molecular flexibility index (Phi) is 3.81. The van der Waals surface area contributed by atoms with E-state index in [1.807, 2.05) is 19.1 Å². The Labute approximate surface area is 104 Å². The zero-order chi connectivity index (χ0) is 12.3. The molecule has 0 aromatic carbocycles. The summed E-state index contributed by atoms with van der Waals surface area (Å²) in [4.78, 5) is 16.3. The van der Waals surface area contributed by atoms with Crippen LogP contribution >= 0.6 is 11.8 Å². The minimum atomic E-state index is -0.0293. The van der Waals surface area contributed by atoms with Crippen molar-refractivity contribution in [3.63, 3.8) is 0 Å². The summed E-state index contributed by atoms with van der Waals surface area (Å²) in [5.74, 6) is 1.62. The summed E-state index contributed by atoms with van der Waals surface area (Å²) < 4.78 is 1.56. The molecule has 2 aromatic rings. The number of hydrogen-bond acceptors (Lipinski definition) is 4. The van der Waals surface area contributed by atoms with Crippen LogP contribution in [0, 0.1) is 6.92 Å². The second kappa shape index (κ2) is 5.33. The van der Waals surface area contributed by atoms with E-state index in [1.54, 1.807) is 28.4 Å². The molecule has 4 nitrogen and oxygen atoms in total. The molecular formula is C12H15N3OS. The zero-order valence-electron chi connectivity index (χ0n) is 9.72. The minimum absolute atomic E-state index is 0.0293. The molecule has 0 unspecified atom stereocenters. The molecule has 0 aliphatic heterocycles. The Morgan fingerprint density at radius 2 is 2.29 bits per heavy atom. The van der Waals surface area contributed by atoms with E-state index >= 15 is 0 Å². The van der Waals surface area contributed by atoms with Crippen molar-refractivity contribution < 1.29 is 0 Å². The molecule has 0 saturated heterocycles. The van der Waals surface area contributed by atoms with Crippen LogP contribution in [0.1, 0.15) is 11.3 Å². The molecule has 0 spiro atoms. The van der Waals surface area contributed by atoms with E-state index in [1.165, 1.54) is 0 Å². The quantitative estimate of drug-likeness (QED) is 0.827. The molecule has 0 radical (unpaired) electrons. The lowest BCUT2D eigenvalue weighted by atomic mass is 10.3. The van der Waals surface area contributed by atoms with E-state index < -0.39 is 0 Å². The molecule has 0 amide bonds. The molecule has 0 aliphatic carbocycles.